The molecule has 0 bridgehead atoms. The molecule has 0 spiro atoms. The van der Waals surface area contributed by atoms with Gasteiger partial charge < -0.3 is 0 Å². The molecule has 1 saturated carbocycles. The maximum absolute atomic E-state index is 15.1. The SMILES string of the molecule is CCCCC[SiH]1CCC(C2CCC(c3ccc(-c4ccc(CCC)cc4)c(F)c3)CC2)CC1. The Balaban J connectivity index is 1.28. The zero-order valence-electron chi connectivity index (χ0n) is 21.1. The molecular weight excluding hydrogens is 419 g/mol. The van der Waals surface area contributed by atoms with Gasteiger partial charge in [-0.1, -0.05) is 107 Å². The Kier molecular flexibility index (Phi) is 9.24. The number of aryl methyl sites for hydroxylation is 1. The molecule has 180 valence electrons. The summed E-state index contributed by atoms with van der Waals surface area (Å²) in [7, 11) is -0.397. The van der Waals surface area contributed by atoms with Crippen LogP contribution in [0.2, 0.25) is 18.1 Å². The summed E-state index contributed by atoms with van der Waals surface area (Å²) in [6.07, 6.45) is 14.8. The minimum Gasteiger partial charge on any atom is -0.206 e. The third-order valence-electron chi connectivity index (χ3n) is 8.81. The fourth-order valence-corrected chi connectivity index (χ4v) is 10.2. The van der Waals surface area contributed by atoms with Gasteiger partial charge in [0.15, 0.2) is 0 Å². The van der Waals surface area contributed by atoms with E-state index in [0.717, 1.165) is 35.8 Å². The van der Waals surface area contributed by atoms with E-state index >= 15 is 4.39 Å². The van der Waals surface area contributed by atoms with Gasteiger partial charge in [-0.05, 0) is 72.6 Å². The van der Waals surface area contributed by atoms with Crippen LogP contribution in [0.15, 0.2) is 42.5 Å². The van der Waals surface area contributed by atoms with E-state index in [-0.39, 0.29) is 5.82 Å². The molecule has 2 aliphatic rings. The zero-order valence-corrected chi connectivity index (χ0v) is 22.3. The second kappa shape index (κ2) is 12.3. The van der Waals surface area contributed by atoms with Gasteiger partial charge in [0.2, 0.25) is 0 Å². The van der Waals surface area contributed by atoms with Crippen LogP contribution in [-0.4, -0.2) is 8.80 Å². The van der Waals surface area contributed by atoms with Crippen LogP contribution in [0.5, 0.6) is 0 Å². The van der Waals surface area contributed by atoms with Crippen LogP contribution < -0.4 is 0 Å². The minimum atomic E-state index is -0.397. The van der Waals surface area contributed by atoms with Gasteiger partial charge in [-0.15, -0.1) is 0 Å². The average Bonchev–Trinajstić information content (AvgIpc) is 2.86. The van der Waals surface area contributed by atoms with Crippen molar-refractivity contribution < 1.29 is 4.39 Å². The number of unbranched alkanes of at least 4 members (excludes halogenated alkanes) is 2. The molecular formula is C31H45FSi. The highest BCUT2D eigenvalue weighted by atomic mass is 28.3. The molecule has 0 amide bonds. The lowest BCUT2D eigenvalue weighted by molar-refractivity contribution is 0.216. The fourth-order valence-electron chi connectivity index (χ4n) is 6.71. The summed E-state index contributed by atoms with van der Waals surface area (Å²) in [4.78, 5) is 0. The number of benzene rings is 2. The Labute approximate surface area is 204 Å². The number of rotatable bonds is 9. The molecule has 0 N–H and O–H groups in total. The van der Waals surface area contributed by atoms with E-state index in [0.29, 0.717) is 5.92 Å². The normalized spacial score (nSPS) is 25.8. The first kappa shape index (κ1) is 24.7. The van der Waals surface area contributed by atoms with Crippen LogP contribution in [0.25, 0.3) is 11.1 Å². The molecule has 1 saturated heterocycles. The zero-order chi connectivity index (χ0) is 23.0. The van der Waals surface area contributed by atoms with E-state index in [2.05, 4.69) is 44.2 Å². The van der Waals surface area contributed by atoms with Crippen molar-refractivity contribution in [2.75, 3.05) is 0 Å². The molecule has 0 unspecified atom stereocenters. The van der Waals surface area contributed by atoms with Crippen LogP contribution in [0.1, 0.15) is 95.1 Å². The van der Waals surface area contributed by atoms with E-state index in [1.54, 1.807) is 18.1 Å². The minimum absolute atomic E-state index is 0.0516. The van der Waals surface area contributed by atoms with E-state index in [1.807, 2.05) is 12.1 Å². The van der Waals surface area contributed by atoms with Crippen molar-refractivity contribution in [3.63, 3.8) is 0 Å². The van der Waals surface area contributed by atoms with Crippen LogP contribution in [0, 0.1) is 17.7 Å². The Bertz CT molecular complexity index is 842. The summed E-state index contributed by atoms with van der Waals surface area (Å²) in [5.41, 5.74) is 4.30. The molecule has 0 aromatic heterocycles. The second-order valence-corrected chi connectivity index (χ2v) is 14.5. The topological polar surface area (TPSA) is 0 Å². The van der Waals surface area contributed by atoms with Gasteiger partial charge in [-0.2, -0.15) is 0 Å². The largest absolute Gasteiger partial charge is 0.206 e. The highest BCUT2D eigenvalue weighted by Gasteiger charge is 2.31. The molecule has 2 aromatic carbocycles. The summed E-state index contributed by atoms with van der Waals surface area (Å²) in [6.45, 7) is 4.52. The van der Waals surface area contributed by atoms with E-state index in [9.17, 15) is 0 Å². The van der Waals surface area contributed by atoms with Crippen molar-refractivity contribution in [2.24, 2.45) is 11.8 Å². The average molecular weight is 465 g/mol. The fraction of sp³-hybridized carbons (Fsp3) is 0.613. The lowest BCUT2D eigenvalue weighted by atomic mass is 9.72. The lowest BCUT2D eigenvalue weighted by Crippen LogP contribution is -2.28. The molecule has 2 heteroatoms. The molecule has 1 aliphatic carbocycles. The number of halogens is 1. The number of hydrogen-bond acceptors (Lipinski definition) is 0. The predicted molar refractivity (Wildman–Crippen MR) is 144 cm³/mol. The molecule has 1 heterocycles. The van der Waals surface area contributed by atoms with Gasteiger partial charge in [0.25, 0.3) is 0 Å². The van der Waals surface area contributed by atoms with Gasteiger partial charge >= 0.3 is 0 Å². The molecule has 2 aromatic rings. The Morgan fingerprint density at radius 3 is 2.12 bits per heavy atom. The van der Waals surface area contributed by atoms with E-state index < -0.39 is 8.80 Å². The summed E-state index contributed by atoms with van der Waals surface area (Å²) in [6, 6.07) is 19.4. The number of hydrogen-bond donors (Lipinski definition) is 0. The van der Waals surface area contributed by atoms with Crippen molar-refractivity contribution in [1.29, 1.82) is 0 Å². The molecule has 0 nitrogen and oxygen atoms in total. The quantitative estimate of drug-likeness (QED) is 0.256. The molecule has 0 atom stereocenters. The lowest BCUT2D eigenvalue weighted by Gasteiger charge is -2.37. The first-order valence-electron chi connectivity index (χ1n) is 14.1. The van der Waals surface area contributed by atoms with Crippen molar-refractivity contribution >= 4 is 8.80 Å². The Hall–Kier alpha value is -1.41. The molecule has 1 aliphatic heterocycles. The van der Waals surface area contributed by atoms with Crippen molar-refractivity contribution in [3.8, 4) is 11.1 Å². The summed E-state index contributed by atoms with van der Waals surface area (Å²) < 4.78 is 15.1. The van der Waals surface area contributed by atoms with Gasteiger partial charge in [0.05, 0.1) is 0 Å². The maximum atomic E-state index is 15.1. The van der Waals surface area contributed by atoms with Crippen LogP contribution >= 0.6 is 0 Å². The Morgan fingerprint density at radius 1 is 0.788 bits per heavy atom. The Morgan fingerprint density at radius 2 is 1.48 bits per heavy atom. The van der Waals surface area contributed by atoms with Gasteiger partial charge in [-0.3, -0.25) is 0 Å². The predicted octanol–water partition coefficient (Wildman–Crippen LogP) is 9.55. The first-order chi connectivity index (χ1) is 16.2. The van der Waals surface area contributed by atoms with Crippen LogP contribution in [0.4, 0.5) is 4.39 Å². The third-order valence-corrected chi connectivity index (χ3v) is 12.3. The van der Waals surface area contributed by atoms with E-state index in [1.165, 1.54) is 68.9 Å². The first-order valence-corrected chi connectivity index (χ1v) is 16.5. The molecule has 4 rings (SSSR count). The van der Waals surface area contributed by atoms with Crippen molar-refractivity contribution in [1.82, 2.24) is 0 Å². The van der Waals surface area contributed by atoms with Crippen molar-refractivity contribution in [3.05, 3.63) is 59.4 Å². The summed E-state index contributed by atoms with van der Waals surface area (Å²) in [5.74, 6) is 2.44. The van der Waals surface area contributed by atoms with Gasteiger partial charge in [-0.25, -0.2) is 4.39 Å². The van der Waals surface area contributed by atoms with Crippen LogP contribution in [0.3, 0.4) is 0 Å². The third kappa shape index (κ3) is 6.59. The highest BCUT2D eigenvalue weighted by molar-refractivity contribution is 6.58. The monoisotopic (exact) mass is 464 g/mol. The molecule has 33 heavy (non-hydrogen) atoms. The molecule has 2 fully saturated rings. The standard InChI is InChI=1S/C31H45FSi/c1-3-5-6-20-33-21-18-27(19-22-33)25-12-14-26(15-13-25)29-16-17-30(31(32)23-29)28-10-8-24(7-4-2)9-11-28/h8-11,16-17,23,25-27,33H,3-7,12-15,18-22H2,1-2H3. The van der Waals surface area contributed by atoms with E-state index in [4.69, 9.17) is 0 Å². The highest BCUT2D eigenvalue weighted by Crippen LogP contribution is 2.44. The van der Waals surface area contributed by atoms with Crippen LogP contribution in [-0.2, 0) is 6.42 Å². The summed E-state index contributed by atoms with van der Waals surface area (Å²) in [5, 5.41) is 0. The van der Waals surface area contributed by atoms with Gasteiger partial charge in [0.1, 0.15) is 5.82 Å². The maximum Gasteiger partial charge on any atom is 0.131 e. The smallest absolute Gasteiger partial charge is 0.131 e. The second-order valence-electron chi connectivity index (χ2n) is 11.1. The molecule has 0 radical (unpaired) electrons. The van der Waals surface area contributed by atoms with Gasteiger partial charge in [0, 0.05) is 14.4 Å². The van der Waals surface area contributed by atoms with Crippen molar-refractivity contribution in [2.45, 2.75) is 109 Å². The summed E-state index contributed by atoms with van der Waals surface area (Å²) >= 11 is 0.